The molecule has 2 rings (SSSR count). The van der Waals surface area contributed by atoms with Crippen molar-refractivity contribution in [3.05, 3.63) is 41.5 Å². The SMILES string of the molecule is CNC(=O)c1ccc(C)c(NC(=O)[C@@H]2CC=CC[C@@H]2C(=O)O)c1. The number of rotatable bonds is 4. The van der Waals surface area contributed by atoms with Gasteiger partial charge in [-0.25, -0.2) is 0 Å². The molecule has 0 fully saturated rings. The molecule has 1 aromatic rings. The molecule has 0 saturated carbocycles. The van der Waals surface area contributed by atoms with Gasteiger partial charge in [0.2, 0.25) is 5.91 Å². The molecule has 0 spiro atoms. The lowest BCUT2D eigenvalue weighted by Crippen LogP contribution is -2.35. The van der Waals surface area contributed by atoms with Gasteiger partial charge in [0, 0.05) is 18.3 Å². The molecule has 0 saturated heterocycles. The maximum Gasteiger partial charge on any atom is 0.307 e. The van der Waals surface area contributed by atoms with E-state index in [0.717, 1.165) is 5.56 Å². The van der Waals surface area contributed by atoms with Gasteiger partial charge in [-0.1, -0.05) is 18.2 Å². The van der Waals surface area contributed by atoms with Crippen molar-refractivity contribution in [3.63, 3.8) is 0 Å². The third kappa shape index (κ3) is 3.77. The summed E-state index contributed by atoms with van der Waals surface area (Å²) in [4.78, 5) is 35.5. The second kappa shape index (κ2) is 7.09. The van der Waals surface area contributed by atoms with Crippen LogP contribution in [0.15, 0.2) is 30.4 Å². The zero-order valence-corrected chi connectivity index (χ0v) is 13.1. The summed E-state index contributed by atoms with van der Waals surface area (Å²) in [5.74, 6) is -2.88. The Kier molecular flexibility index (Phi) is 5.16. The lowest BCUT2D eigenvalue weighted by molar-refractivity contribution is -0.146. The zero-order valence-electron chi connectivity index (χ0n) is 13.1. The smallest absolute Gasteiger partial charge is 0.307 e. The number of amides is 2. The van der Waals surface area contributed by atoms with Crippen LogP contribution in [0.5, 0.6) is 0 Å². The van der Waals surface area contributed by atoms with Crippen LogP contribution in [0, 0.1) is 18.8 Å². The van der Waals surface area contributed by atoms with Crippen molar-refractivity contribution in [2.24, 2.45) is 11.8 Å². The topological polar surface area (TPSA) is 95.5 Å². The van der Waals surface area contributed by atoms with Gasteiger partial charge in [-0.3, -0.25) is 14.4 Å². The summed E-state index contributed by atoms with van der Waals surface area (Å²) in [6.45, 7) is 1.82. The van der Waals surface area contributed by atoms with Crippen molar-refractivity contribution in [2.45, 2.75) is 19.8 Å². The van der Waals surface area contributed by atoms with Crippen molar-refractivity contribution < 1.29 is 19.5 Å². The molecule has 0 radical (unpaired) electrons. The van der Waals surface area contributed by atoms with Crippen LogP contribution in [-0.4, -0.2) is 29.9 Å². The average molecular weight is 316 g/mol. The Morgan fingerprint density at radius 3 is 2.39 bits per heavy atom. The predicted molar refractivity (Wildman–Crippen MR) is 86.2 cm³/mol. The molecule has 0 bridgehead atoms. The number of aliphatic carboxylic acids is 1. The highest BCUT2D eigenvalue weighted by Gasteiger charge is 2.34. The van der Waals surface area contributed by atoms with Crippen molar-refractivity contribution >= 4 is 23.5 Å². The van der Waals surface area contributed by atoms with Gasteiger partial charge in [-0.15, -0.1) is 0 Å². The minimum atomic E-state index is -0.967. The maximum absolute atomic E-state index is 12.5. The normalized spacial score (nSPS) is 19.9. The van der Waals surface area contributed by atoms with E-state index in [0.29, 0.717) is 24.1 Å². The number of anilines is 1. The van der Waals surface area contributed by atoms with Crippen LogP contribution in [0.2, 0.25) is 0 Å². The van der Waals surface area contributed by atoms with Crippen molar-refractivity contribution in [3.8, 4) is 0 Å². The largest absolute Gasteiger partial charge is 0.481 e. The number of benzene rings is 1. The summed E-state index contributed by atoms with van der Waals surface area (Å²) in [5.41, 5.74) is 1.77. The maximum atomic E-state index is 12.5. The third-order valence-electron chi connectivity index (χ3n) is 4.07. The van der Waals surface area contributed by atoms with Gasteiger partial charge in [-0.05, 0) is 37.5 Å². The molecular formula is C17H20N2O4. The summed E-state index contributed by atoms with van der Waals surface area (Å²) in [6.07, 6.45) is 4.37. The molecule has 1 aromatic carbocycles. The Balaban J connectivity index is 2.21. The molecule has 2 amide bonds. The van der Waals surface area contributed by atoms with Crippen LogP contribution >= 0.6 is 0 Å². The minimum absolute atomic E-state index is 0.246. The second-order valence-corrected chi connectivity index (χ2v) is 5.59. The standard InChI is InChI=1S/C17H20N2O4/c1-10-7-8-11(15(20)18-2)9-14(10)19-16(21)12-5-3-4-6-13(12)17(22)23/h3-4,7-9,12-13H,5-6H2,1-2H3,(H,18,20)(H,19,21)(H,22,23)/t12-,13+/m1/s1. The number of carboxylic acids is 1. The summed E-state index contributed by atoms with van der Waals surface area (Å²) >= 11 is 0. The second-order valence-electron chi connectivity index (χ2n) is 5.59. The van der Waals surface area contributed by atoms with E-state index >= 15 is 0 Å². The molecule has 1 aliphatic rings. The Hall–Kier alpha value is -2.63. The summed E-state index contributed by atoms with van der Waals surface area (Å²) in [6, 6.07) is 5.02. The molecule has 0 aliphatic heterocycles. The van der Waals surface area contributed by atoms with Gasteiger partial charge >= 0.3 is 5.97 Å². The lowest BCUT2D eigenvalue weighted by atomic mass is 9.82. The first-order valence-corrected chi connectivity index (χ1v) is 7.45. The number of hydrogen-bond acceptors (Lipinski definition) is 3. The molecule has 6 nitrogen and oxygen atoms in total. The van der Waals surface area contributed by atoms with Crippen molar-refractivity contribution in [2.75, 3.05) is 12.4 Å². The van der Waals surface area contributed by atoms with E-state index in [9.17, 15) is 19.5 Å². The van der Waals surface area contributed by atoms with E-state index in [1.54, 1.807) is 24.3 Å². The van der Waals surface area contributed by atoms with Crippen LogP contribution < -0.4 is 10.6 Å². The highest BCUT2D eigenvalue weighted by atomic mass is 16.4. The molecule has 122 valence electrons. The molecule has 0 aromatic heterocycles. The molecule has 0 unspecified atom stereocenters. The van der Waals surface area contributed by atoms with Crippen molar-refractivity contribution in [1.82, 2.24) is 5.32 Å². The fraction of sp³-hybridized carbons (Fsp3) is 0.353. The van der Waals surface area contributed by atoms with E-state index in [4.69, 9.17) is 0 Å². The molecule has 2 atom stereocenters. The van der Waals surface area contributed by atoms with Gasteiger partial charge in [0.1, 0.15) is 0 Å². The predicted octanol–water partition coefficient (Wildman–Crippen LogP) is 1.96. The average Bonchev–Trinajstić information content (AvgIpc) is 2.56. The first-order valence-electron chi connectivity index (χ1n) is 7.45. The number of aryl methyl sites for hydroxylation is 1. The molecule has 23 heavy (non-hydrogen) atoms. The fourth-order valence-electron chi connectivity index (χ4n) is 2.64. The summed E-state index contributed by atoms with van der Waals surface area (Å²) in [5, 5.41) is 14.6. The van der Waals surface area contributed by atoms with Crippen LogP contribution in [0.4, 0.5) is 5.69 Å². The molecular weight excluding hydrogens is 296 g/mol. The fourth-order valence-corrected chi connectivity index (χ4v) is 2.64. The number of nitrogens with one attached hydrogen (secondary N) is 2. The van der Waals surface area contributed by atoms with Gasteiger partial charge in [-0.2, -0.15) is 0 Å². The number of carbonyl (C=O) groups is 3. The Morgan fingerprint density at radius 1 is 1.13 bits per heavy atom. The number of hydrogen-bond donors (Lipinski definition) is 3. The van der Waals surface area contributed by atoms with E-state index in [2.05, 4.69) is 10.6 Å². The molecule has 0 heterocycles. The monoisotopic (exact) mass is 316 g/mol. The zero-order chi connectivity index (χ0) is 17.0. The molecule has 1 aliphatic carbocycles. The van der Waals surface area contributed by atoms with Crippen LogP contribution in [0.3, 0.4) is 0 Å². The quantitative estimate of drug-likeness (QED) is 0.740. The Morgan fingerprint density at radius 2 is 1.78 bits per heavy atom. The number of allylic oxidation sites excluding steroid dienone is 2. The van der Waals surface area contributed by atoms with Crippen molar-refractivity contribution in [1.29, 1.82) is 0 Å². The summed E-state index contributed by atoms with van der Waals surface area (Å²) < 4.78 is 0. The lowest BCUT2D eigenvalue weighted by Gasteiger charge is -2.24. The van der Waals surface area contributed by atoms with Gasteiger partial charge < -0.3 is 15.7 Å². The highest BCUT2D eigenvalue weighted by molar-refractivity contribution is 5.99. The molecule has 6 heteroatoms. The van der Waals surface area contributed by atoms with E-state index in [1.165, 1.54) is 7.05 Å². The van der Waals surface area contributed by atoms with E-state index in [-0.39, 0.29) is 11.8 Å². The summed E-state index contributed by atoms with van der Waals surface area (Å²) in [7, 11) is 1.53. The minimum Gasteiger partial charge on any atom is -0.481 e. The van der Waals surface area contributed by atoms with E-state index < -0.39 is 17.8 Å². The highest BCUT2D eigenvalue weighted by Crippen LogP contribution is 2.28. The first kappa shape index (κ1) is 16.7. The third-order valence-corrected chi connectivity index (χ3v) is 4.07. The number of carbonyl (C=O) groups excluding carboxylic acids is 2. The van der Waals surface area contributed by atoms with Gasteiger partial charge in [0.15, 0.2) is 0 Å². The van der Waals surface area contributed by atoms with Crippen LogP contribution in [-0.2, 0) is 9.59 Å². The van der Waals surface area contributed by atoms with Gasteiger partial charge in [0.05, 0.1) is 11.8 Å². The first-order chi connectivity index (χ1) is 10.9. The van der Waals surface area contributed by atoms with Crippen LogP contribution in [0.1, 0.15) is 28.8 Å². The Labute approximate surface area is 134 Å². The van der Waals surface area contributed by atoms with E-state index in [1.807, 2.05) is 13.0 Å². The van der Waals surface area contributed by atoms with Gasteiger partial charge in [0.25, 0.3) is 5.91 Å². The number of carboxylic acid groups (broad SMARTS) is 1. The molecule has 3 N–H and O–H groups in total. The Bertz CT molecular complexity index is 667. The van der Waals surface area contributed by atoms with Crippen LogP contribution in [0.25, 0.3) is 0 Å².